The maximum atomic E-state index is 2.47. The lowest BCUT2D eigenvalue weighted by Gasteiger charge is -2.28. The number of para-hydroxylation sites is 2. The maximum absolute atomic E-state index is 2.47. The van der Waals surface area contributed by atoms with Crippen LogP contribution in [0.1, 0.15) is 11.1 Å². The predicted octanol–water partition coefficient (Wildman–Crippen LogP) is 23.9. The van der Waals surface area contributed by atoms with Gasteiger partial charge in [-0.05, 0) is 210 Å². The third-order valence-corrected chi connectivity index (χ3v) is 19.1. The normalized spacial score (nSPS) is 11.9. The Balaban J connectivity index is 0.745. The summed E-state index contributed by atoms with van der Waals surface area (Å²) >= 11 is 0. The van der Waals surface area contributed by atoms with E-state index >= 15 is 0 Å². The van der Waals surface area contributed by atoms with E-state index in [9.17, 15) is 0 Å². The third-order valence-electron chi connectivity index (χ3n) is 19.1. The van der Waals surface area contributed by atoms with Crippen LogP contribution in [0.5, 0.6) is 0 Å². The largest absolute Gasteiger partial charge is 0.310 e. The topological polar surface area (TPSA) is 16.3 Å². The number of anilines is 6. The molecular weight excluding hydrogens is 1090 g/mol. The minimum atomic E-state index is 1.09. The average molecular weight is 1150 g/mol. The van der Waals surface area contributed by atoms with Gasteiger partial charge in [-0.15, -0.1) is 0 Å². The van der Waals surface area contributed by atoms with E-state index in [0.717, 1.165) is 56.5 Å². The summed E-state index contributed by atoms with van der Waals surface area (Å²) in [6, 6.07) is 116. The molecule has 0 aliphatic carbocycles. The summed E-state index contributed by atoms with van der Waals surface area (Å²) in [7, 11) is 0. The standard InChI is InChI=1S/C86H58N4/c1-55-75-51-63(39-49-77(75)89(85(55)61-19-7-3-8-20-61)71-45-41-69(42-46-71)87(67-29-11-5-12-30-67)79-53-65-27-15-23-57-35-37-59-25-17-33-73(79)83(59)81(57)65)64-40-50-78-76(52-64)56(2)86(62-21-9-4-10-22-62)90(78)72-47-43-70(44-48-72)88(68-31-13-6-14-32-68)80-54-66-28-16-24-58-36-38-60-26-18-34-74(80)84(60)82(58)66/h3-54H,1-2H3. The SMILES string of the molecule is Cc1c(-c2ccccc2)n(-c2ccc(N(c3ccccc3)c3cc4cccc5ccc6cccc3c6c54)cc2)c2ccc(-c3ccc4c(c3)c(C)c(-c3ccccc3)n4-c3ccc(N(c4ccccc4)c4cc5cccc6ccc7cccc4c7c65)cc3)cc12. The van der Waals surface area contributed by atoms with E-state index in [1.54, 1.807) is 0 Å². The van der Waals surface area contributed by atoms with Gasteiger partial charge in [0, 0.05) is 55.7 Å². The second kappa shape index (κ2) is 20.5. The number of benzene rings is 16. The van der Waals surface area contributed by atoms with Gasteiger partial charge >= 0.3 is 0 Å². The number of aryl methyl sites for hydroxylation is 2. The van der Waals surface area contributed by atoms with Crippen molar-refractivity contribution in [2.45, 2.75) is 13.8 Å². The lowest BCUT2D eigenvalue weighted by atomic mass is 9.92. The molecule has 0 radical (unpaired) electrons. The van der Waals surface area contributed by atoms with Crippen molar-refractivity contribution in [2.75, 3.05) is 9.80 Å². The summed E-state index contributed by atoms with van der Waals surface area (Å²) < 4.78 is 4.93. The Hall–Kier alpha value is -11.7. The summed E-state index contributed by atoms with van der Waals surface area (Å²) in [6.45, 7) is 4.58. The minimum absolute atomic E-state index is 1.09. The first-order valence-electron chi connectivity index (χ1n) is 31.1. The number of aromatic nitrogens is 2. The van der Waals surface area contributed by atoms with Crippen LogP contribution in [0.15, 0.2) is 315 Å². The van der Waals surface area contributed by atoms with Crippen LogP contribution in [-0.2, 0) is 0 Å². The summed E-state index contributed by atoms with van der Waals surface area (Å²) in [6.07, 6.45) is 0. The number of hydrogen-bond donors (Lipinski definition) is 0. The molecule has 0 amide bonds. The molecule has 16 aromatic carbocycles. The highest BCUT2D eigenvalue weighted by atomic mass is 15.2. The molecule has 0 spiro atoms. The van der Waals surface area contributed by atoms with Crippen LogP contribution in [-0.4, -0.2) is 9.13 Å². The zero-order chi connectivity index (χ0) is 59.6. The second-order valence-corrected chi connectivity index (χ2v) is 24.1. The molecule has 0 saturated carbocycles. The van der Waals surface area contributed by atoms with Gasteiger partial charge in [-0.1, -0.05) is 206 Å². The Morgan fingerprint density at radius 3 is 0.956 bits per heavy atom. The number of fused-ring (bicyclic) bond motifs is 2. The quantitative estimate of drug-likeness (QED) is 0.120. The molecule has 0 N–H and O–H groups in total. The van der Waals surface area contributed by atoms with Gasteiger partial charge in [0.25, 0.3) is 0 Å². The summed E-state index contributed by atoms with van der Waals surface area (Å²) in [5.41, 5.74) is 20.8. The van der Waals surface area contributed by atoms with Crippen molar-refractivity contribution in [3.63, 3.8) is 0 Å². The van der Waals surface area contributed by atoms with Gasteiger partial charge in [0.05, 0.1) is 33.8 Å². The molecule has 422 valence electrons. The van der Waals surface area contributed by atoms with Crippen molar-refractivity contribution in [3.05, 3.63) is 327 Å². The summed E-state index contributed by atoms with van der Waals surface area (Å²) in [5.74, 6) is 0. The van der Waals surface area contributed by atoms with E-state index < -0.39 is 0 Å². The minimum Gasteiger partial charge on any atom is -0.310 e. The van der Waals surface area contributed by atoms with Crippen molar-refractivity contribution in [3.8, 4) is 45.0 Å². The first kappa shape index (κ1) is 51.5. The lowest BCUT2D eigenvalue weighted by molar-refractivity contribution is 1.12. The van der Waals surface area contributed by atoms with Gasteiger partial charge in [-0.2, -0.15) is 0 Å². The molecule has 4 nitrogen and oxygen atoms in total. The van der Waals surface area contributed by atoms with E-state index in [4.69, 9.17) is 0 Å². The molecule has 0 fully saturated rings. The number of hydrogen-bond acceptors (Lipinski definition) is 2. The van der Waals surface area contributed by atoms with Gasteiger partial charge in [-0.25, -0.2) is 0 Å². The van der Waals surface area contributed by atoms with Crippen molar-refractivity contribution >= 4 is 121 Å². The van der Waals surface area contributed by atoms with Crippen LogP contribution < -0.4 is 9.80 Å². The highest BCUT2D eigenvalue weighted by Crippen LogP contribution is 2.49. The van der Waals surface area contributed by atoms with Crippen molar-refractivity contribution in [1.82, 2.24) is 9.13 Å². The molecule has 0 unspecified atom stereocenters. The fraction of sp³-hybridized carbons (Fsp3) is 0.0233. The molecule has 90 heavy (non-hydrogen) atoms. The van der Waals surface area contributed by atoms with Crippen LogP contribution in [0.25, 0.3) is 131 Å². The molecule has 2 heterocycles. The van der Waals surface area contributed by atoms with Crippen LogP contribution in [0.3, 0.4) is 0 Å². The molecule has 4 heteroatoms. The van der Waals surface area contributed by atoms with Crippen LogP contribution >= 0.6 is 0 Å². The highest BCUT2D eigenvalue weighted by molar-refractivity contribution is 6.28. The van der Waals surface area contributed by atoms with Crippen LogP contribution in [0.2, 0.25) is 0 Å². The summed E-state index contributed by atoms with van der Waals surface area (Å²) in [5, 5.41) is 17.7. The number of rotatable bonds is 11. The molecule has 0 atom stereocenters. The highest BCUT2D eigenvalue weighted by Gasteiger charge is 2.25. The Labute approximate surface area is 521 Å². The van der Waals surface area contributed by atoms with E-state index in [1.807, 2.05) is 0 Å². The van der Waals surface area contributed by atoms with Gasteiger partial charge in [-0.3, -0.25) is 0 Å². The first-order chi connectivity index (χ1) is 44.5. The molecule has 18 rings (SSSR count). The zero-order valence-corrected chi connectivity index (χ0v) is 49.8. The van der Waals surface area contributed by atoms with Crippen LogP contribution in [0.4, 0.5) is 34.1 Å². The first-order valence-corrected chi connectivity index (χ1v) is 31.1. The van der Waals surface area contributed by atoms with E-state index in [2.05, 4.69) is 348 Å². The zero-order valence-electron chi connectivity index (χ0n) is 49.8. The molecule has 0 aliphatic heterocycles. The maximum Gasteiger partial charge on any atom is 0.0570 e. The Morgan fingerprint density at radius 2 is 0.567 bits per heavy atom. The molecule has 0 bridgehead atoms. The average Bonchev–Trinajstić information content (AvgIpc) is 1.01. The smallest absolute Gasteiger partial charge is 0.0570 e. The monoisotopic (exact) mass is 1150 g/mol. The molecule has 0 aliphatic rings. The number of nitrogens with zero attached hydrogens (tertiary/aromatic N) is 4. The van der Waals surface area contributed by atoms with Gasteiger partial charge < -0.3 is 18.9 Å². The Kier molecular flexibility index (Phi) is 11.7. The summed E-state index contributed by atoms with van der Waals surface area (Å²) in [4.78, 5) is 4.86. The fourth-order valence-corrected chi connectivity index (χ4v) is 15.0. The lowest BCUT2D eigenvalue weighted by Crippen LogP contribution is -2.11. The van der Waals surface area contributed by atoms with Gasteiger partial charge in [0.2, 0.25) is 0 Å². The van der Waals surface area contributed by atoms with E-state index in [-0.39, 0.29) is 0 Å². The molecule has 2 aromatic heterocycles. The molecule has 0 saturated heterocycles. The van der Waals surface area contributed by atoms with Gasteiger partial charge in [0.15, 0.2) is 0 Å². The second-order valence-electron chi connectivity index (χ2n) is 24.1. The predicted molar refractivity (Wildman–Crippen MR) is 383 cm³/mol. The molecular formula is C86H58N4. The van der Waals surface area contributed by atoms with Crippen LogP contribution in [0, 0.1) is 13.8 Å². The van der Waals surface area contributed by atoms with E-state index in [0.29, 0.717) is 0 Å². The Bertz CT molecular complexity index is 5410. The van der Waals surface area contributed by atoms with Crippen molar-refractivity contribution < 1.29 is 0 Å². The van der Waals surface area contributed by atoms with Crippen molar-refractivity contribution in [2.24, 2.45) is 0 Å². The van der Waals surface area contributed by atoms with Gasteiger partial charge in [0.1, 0.15) is 0 Å². The molecule has 18 aromatic rings. The fourth-order valence-electron chi connectivity index (χ4n) is 15.0. The van der Waals surface area contributed by atoms with E-state index in [1.165, 1.54) is 120 Å². The van der Waals surface area contributed by atoms with Crippen molar-refractivity contribution in [1.29, 1.82) is 0 Å². The Morgan fingerprint density at radius 1 is 0.233 bits per heavy atom. The third kappa shape index (κ3) is 8.01.